The Morgan fingerprint density at radius 2 is 1.32 bits per heavy atom. The molecule has 0 aromatic heterocycles. The highest BCUT2D eigenvalue weighted by molar-refractivity contribution is 6.33. The zero-order valence-corrected chi connectivity index (χ0v) is 12.7. The minimum atomic E-state index is 0.0417. The van der Waals surface area contributed by atoms with Gasteiger partial charge in [-0.2, -0.15) is 0 Å². The SMILES string of the molecule is COC(C)(C)C.Clc1ccccc1-c1ccccc1. The number of halogens is 1. The Morgan fingerprint density at radius 1 is 0.842 bits per heavy atom. The van der Waals surface area contributed by atoms with E-state index in [0.717, 1.165) is 16.1 Å². The van der Waals surface area contributed by atoms with Crippen molar-refractivity contribution in [2.45, 2.75) is 26.4 Å². The van der Waals surface area contributed by atoms with Crippen LogP contribution in [-0.4, -0.2) is 12.7 Å². The van der Waals surface area contributed by atoms with E-state index >= 15 is 0 Å². The fourth-order valence-corrected chi connectivity index (χ4v) is 1.56. The number of benzene rings is 2. The van der Waals surface area contributed by atoms with Gasteiger partial charge >= 0.3 is 0 Å². The first-order valence-corrected chi connectivity index (χ1v) is 6.67. The molecule has 0 atom stereocenters. The summed E-state index contributed by atoms with van der Waals surface area (Å²) in [6.07, 6.45) is 0. The number of hydrogen-bond donors (Lipinski definition) is 0. The van der Waals surface area contributed by atoms with E-state index in [9.17, 15) is 0 Å². The third kappa shape index (κ3) is 5.91. The van der Waals surface area contributed by atoms with Crippen molar-refractivity contribution in [1.82, 2.24) is 0 Å². The van der Waals surface area contributed by atoms with Crippen molar-refractivity contribution in [1.29, 1.82) is 0 Å². The van der Waals surface area contributed by atoms with Crippen LogP contribution in [0.4, 0.5) is 0 Å². The van der Waals surface area contributed by atoms with E-state index in [2.05, 4.69) is 12.1 Å². The average molecular weight is 277 g/mol. The molecule has 19 heavy (non-hydrogen) atoms. The van der Waals surface area contributed by atoms with Crippen LogP contribution in [0.5, 0.6) is 0 Å². The molecule has 0 spiro atoms. The molecule has 1 nitrogen and oxygen atoms in total. The lowest BCUT2D eigenvalue weighted by molar-refractivity contribution is 0.0397. The Labute approximate surface area is 121 Å². The van der Waals surface area contributed by atoms with Crippen molar-refractivity contribution in [2.75, 3.05) is 7.11 Å². The molecule has 2 rings (SSSR count). The van der Waals surface area contributed by atoms with Gasteiger partial charge in [0.1, 0.15) is 0 Å². The predicted molar refractivity (Wildman–Crippen MR) is 83.7 cm³/mol. The summed E-state index contributed by atoms with van der Waals surface area (Å²) >= 11 is 6.06. The number of rotatable bonds is 1. The zero-order valence-electron chi connectivity index (χ0n) is 12.0. The third-order valence-corrected chi connectivity index (χ3v) is 2.90. The minimum absolute atomic E-state index is 0.0417. The van der Waals surface area contributed by atoms with Crippen molar-refractivity contribution in [3.63, 3.8) is 0 Å². The fraction of sp³-hybridized carbons (Fsp3) is 0.294. The molecule has 2 heteroatoms. The Balaban J connectivity index is 0.000000258. The fourth-order valence-electron chi connectivity index (χ4n) is 1.31. The van der Waals surface area contributed by atoms with E-state index < -0.39 is 0 Å². The first-order valence-electron chi connectivity index (χ1n) is 6.29. The van der Waals surface area contributed by atoms with Crippen LogP contribution in [0.25, 0.3) is 11.1 Å². The molecule has 0 amide bonds. The van der Waals surface area contributed by atoms with Crippen molar-refractivity contribution in [3.8, 4) is 11.1 Å². The first-order chi connectivity index (χ1) is 8.94. The highest BCUT2D eigenvalue weighted by atomic mass is 35.5. The summed E-state index contributed by atoms with van der Waals surface area (Å²) in [7, 11) is 1.71. The van der Waals surface area contributed by atoms with Gasteiger partial charge in [0.2, 0.25) is 0 Å². The van der Waals surface area contributed by atoms with E-state index in [1.165, 1.54) is 0 Å². The summed E-state index contributed by atoms with van der Waals surface area (Å²) in [6.45, 7) is 6.06. The van der Waals surface area contributed by atoms with Crippen LogP contribution < -0.4 is 0 Å². The summed E-state index contributed by atoms with van der Waals surface area (Å²) in [5.74, 6) is 0. The summed E-state index contributed by atoms with van der Waals surface area (Å²) in [6, 6.07) is 18.0. The second-order valence-corrected chi connectivity index (χ2v) is 5.57. The van der Waals surface area contributed by atoms with Gasteiger partial charge in [-0.05, 0) is 32.4 Å². The van der Waals surface area contributed by atoms with E-state index in [-0.39, 0.29) is 5.60 Å². The maximum absolute atomic E-state index is 6.06. The number of hydrogen-bond acceptors (Lipinski definition) is 1. The van der Waals surface area contributed by atoms with Crippen molar-refractivity contribution >= 4 is 11.6 Å². The summed E-state index contributed by atoms with van der Waals surface area (Å²) in [5, 5.41) is 0.800. The number of methoxy groups -OCH3 is 1. The average Bonchev–Trinajstić information content (AvgIpc) is 2.40. The first kappa shape index (κ1) is 15.7. The van der Waals surface area contributed by atoms with Gasteiger partial charge in [-0.25, -0.2) is 0 Å². The summed E-state index contributed by atoms with van der Waals surface area (Å²) in [4.78, 5) is 0. The molecule has 0 heterocycles. The van der Waals surface area contributed by atoms with Gasteiger partial charge in [-0.1, -0.05) is 60.1 Å². The molecule has 0 unspecified atom stereocenters. The van der Waals surface area contributed by atoms with E-state index in [1.54, 1.807) is 7.11 Å². The lowest BCUT2D eigenvalue weighted by atomic mass is 10.1. The van der Waals surface area contributed by atoms with Crippen LogP contribution >= 0.6 is 11.6 Å². The van der Waals surface area contributed by atoms with Gasteiger partial charge in [-0.3, -0.25) is 0 Å². The van der Waals surface area contributed by atoms with Gasteiger partial charge < -0.3 is 4.74 Å². The topological polar surface area (TPSA) is 9.23 Å². The van der Waals surface area contributed by atoms with Crippen molar-refractivity contribution in [2.24, 2.45) is 0 Å². The standard InChI is InChI=1S/C12H9Cl.C5H12O/c13-12-9-5-4-8-11(12)10-6-2-1-3-7-10;1-5(2,3)6-4/h1-9H;1-4H3. The van der Waals surface area contributed by atoms with Gasteiger partial charge in [-0.15, -0.1) is 0 Å². The molecule has 0 saturated carbocycles. The van der Waals surface area contributed by atoms with E-state index in [0.29, 0.717) is 0 Å². The van der Waals surface area contributed by atoms with Crippen LogP contribution in [-0.2, 0) is 4.74 Å². The summed E-state index contributed by atoms with van der Waals surface area (Å²) in [5.41, 5.74) is 2.29. The van der Waals surface area contributed by atoms with Crippen LogP contribution in [0.3, 0.4) is 0 Å². The maximum atomic E-state index is 6.06. The second-order valence-electron chi connectivity index (χ2n) is 5.16. The smallest absolute Gasteiger partial charge is 0.0594 e. The Hall–Kier alpha value is -1.31. The normalized spacial score (nSPS) is 10.6. The molecular weight excluding hydrogens is 256 g/mol. The van der Waals surface area contributed by atoms with E-state index in [1.807, 2.05) is 63.2 Å². The second kappa shape index (κ2) is 7.32. The zero-order chi connectivity index (χ0) is 14.3. The number of ether oxygens (including phenoxy) is 1. The Kier molecular flexibility index (Phi) is 6.07. The van der Waals surface area contributed by atoms with Gasteiger partial charge in [0.05, 0.1) is 5.60 Å². The minimum Gasteiger partial charge on any atom is -0.379 e. The molecule has 0 aliphatic carbocycles. The molecule has 2 aromatic carbocycles. The molecule has 0 aliphatic rings. The van der Waals surface area contributed by atoms with Gasteiger partial charge in [0, 0.05) is 17.7 Å². The van der Waals surface area contributed by atoms with Crippen LogP contribution in [0.15, 0.2) is 54.6 Å². The maximum Gasteiger partial charge on any atom is 0.0594 e. The lowest BCUT2D eigenvalue weighted by Gasteiger charge is -2.14. The molecular formula is C17H21ClO. The Bertz CT molecular complexity index is 486. The largest absolute Gasteiger partial charge is 0.379 e. The molecule has 2 aromatic rings. The quantitative estimate of drug-likeness (QED) is 0.674. The highest BCUT2D eigenvalue weighted by Gasteiger charge is 2.04. The van der Waals surface area contributed by atoms with E-state index in [4.69, 9.17) is 16.3 Å². The van der Waals surface area contributed by atoms with Gasteiger partial charge in [0.25, 0.3) is 0 Å². The molecule has 102 valence electrons. The monoisotopic (exact) mass is 276 g/mol. The molecule has 0 aliphatic heterocycles. The third-order valence-electron chi connectivity index (χ3n) is 2.57. The molecule has 0 radical (unpaired) electrons. The predicted octanol–water partition coefficient (Wildman–Crippen LogP) is 5.44. The van der Waals surface area contributed by atoms with Gasteiger partial charge in [0.15, 0.2) is 0 Å². The Morgan fingerprint density at radius 3 is 1.79 bits per heavy atom. The van der Waals surface area contributed by atoms with Crippen LogP contribution in [0.1, 0.15) is 20.8 Å². The molecule has 0 N–H and O–H groups in total. The lowest BCUT2D eigenvalue weighted by Crippen LogP contribution is -2.15. The molecule has 0 saturated heterocycles. The molecule has 0 bridgehead atoms. The van der Waals surface area contributed by atoms with Crippen LogP contribution in [0.2, 0.25) is 5.02 Å². The van der Waals surface area contributed by atoms with Crippen LogP contribution in [0, 0.1) is 0 Å². The van der Waals surface area contributed by atoms with Crippen molar-refractivity contribution in [3.05, 3.63) is 59.6 Å². The highest BCUT2D eigenvalue weighted by Crippen LogP contribution is 2.26. The summed E-state index contributed by atoms with van der Waals surface area (Å²) < 4.78 is 4.94. The molecule has 0 fully saturated rings. The van der Waals surface area contributed by atoms with Crippen molar-refractivity contribution < 1.29 is 4.74 Å².